The van der Waals surface area contributed by atoms with Gasteiger partial charge in [-0.05, 0) is 44.4 Å². The number of unbranched alkanes of at least 4 members (excludes halogenated alkanes) is 3. The number of benzene rings is 1. The number of carbonyl (C=O) groups excluding carboxylic acids is 1. The third-order valence-electron chi connectivity index (χ3n) is 4.64. The van der Waals surface area contributed by atoms with Crippen LogP contribution in [-0.4, -0.2) is 38.7 Å². The van der Waals surface area contributed by atoms with E-state index in [2.05, 4.69) is 16.3 Å². The fraction of sp³-hybridized carbons (Fsp3) is 0.632. The van der Waals surface area contributed by atoms with E-state index in [1.54, 1.807) is 7.11 Å². The summed E-state index contributed by atoms with van der Waals surface area (Å²) in [6.45, 7) is 2.64. The molecule has 0 radical (unpaired) electrons. The number of anilines is 1. The Kier molecular flexibility index (Phi) is 13.3. The summed E-state index contributed by atoms with van der Waals surface area (Å²) in [5.41, 5.74) is 6.62. The molecule has 3 N–H and O–H groups in total. The Balaban J connectivity index is 0.00000312. The van der Waals surface area contributed by atoms with Crippen LogP contribution in [0.5, 0.6) is 5.75 Å². The Hall–Kier alpha value is -1.17. The second-order valence-electron chi connectivity index (χ2n) is 6.45. The summed E-state index contributed by atoms with van der Waals surface area (Å²) < 4.78 is 5.44. The minimum atomic E-state index is 0. The number of nitrogens with one attached hydrogen (secondary N) is 1. The Morgan fingerprint density at radius 3 is 2.46 bits per heavy atom. The molecule has 0 bridgehead atoms. The van der Waals surface area contributed by atoms with Crippen LogP contribution in [0.2, 0.25) is 0 Å². The Morgan fingerprint density at radius 1 is 1.15 bits per heavy atom. The molecular weight excluding hydrogens is 373 g/mol. The molecule has 1 aromatic rings. The van der Waals surface area contributed by atoms with Crippen molar-refractivity contribution < 1.29 is 9.53 Å². The second kappa shape index (κ2) is 14.0. The molecule has 0 aromatic heterocycles. The average Bonchev–Trinajstić information content (AvgIpc) is 2.62. The summed E-state index contributed by atoms with van der Waals surface area (Å²) in [5, 5.41) is 3.19. The molecule has 1 heterocycles. The molecule has 5 nitrogen and oxygen atoms in total. The zero-order valence-electron chi connectivity index (χ0n) is 15.6. The summed E-state index contributed by atoms with van der Waals surface area (Å²) in [5.74, 6) is 1.11. The lowest BCUT2D eigenvalue weighted by Gasteiger charge is -2.34. The number of carbonyl (C=O) groups is 1. The van der Waals surface area contributed by atoms with Crippen molar-refractivity contribution in [2.24, 2.45) is 5.73 Å². The quantitative estimate of drug-likeness (QED) is 0.616. The van der Waals surface area contributed by atoms with Gasteiger partial charge in [-0.25, -0.2) is 0 Å². The number of methoxy groups -OCH3 is 1. The molecular formula is C19H33Cl2N3O2. The fourth-order valence-electron chi connectivity index (χ4n) is 3.24. The van der Waals surface area contributed by atoms with E-state index in [1.165, 1.54) is 0 Å². The first kappa shape index (κ1) is 24.8. The van der Waals surface area contributed by atoms with Gasteiger partial charge >= 0.3 is 0 Å². The Morgan fingerprint density at radius 2 is 1.81 bits per heavy atom. The van der Waals surface area contributed by atoms with E-state index in [9.17, 15) is 4.79 Å². The molecule has 1 fully saturated rings. The van der Waals surface area contributed by atoms with Crippen molar-refractivity contribution in [3.8, 4) is 5.75 Å². The van der Waals surface area contributed by atoms with Crippen LogP contribution < -0.4 is 20.7 Å². The highest BCUT2D eigenvalue weighted by Crippen LogP contribution is 2.29. The summed E-state index contributed by atoms with van der Waals surface area (Å²) in [6.07, 6.45) is 6.85. The average molecular weight is 406 g/mol. The van der Waals surface area contributed by atoms with E-state index in [4.69, 9.17) is 10.5 Å². The van der Waals surface area contributed by atoms with E-state index < -0.39 is 0 Å². The number of piperidine rings is 1. The minimum absolute atomic E-state index is 0. The number of nitrogens with two attached hydrogens (primary N) is 1. The zero-order chi connectivity index (χ0) is 17.2. The van der Waals surface area contributed by atoms with Crippen LogP contribution in [-0.2, 0) is 4.79 Å². The first-order valence-electron chi connectivity index (χ1n) is 9.12. The summed E-state index contributed by atoms with van der Waals surface area (Å²) >= 11 is 0. The minimum Gasteiger partial charge on any atom is -0.495 e. The van der Waals surface area contributed by atoms with Gasteiger partial charge in [-0.2, -0.15) is 0 Å². The molecule has 0 spiro atoms. The lowest BCUT2D eigenvalue weighted by atomic mass is 10.0. The number of para-hydroxylation sites is 2. The maximum Gasteiger partial charge on any atom is 0.220 e. The van der Waals surface area contributed by atoms with Crippen LogP contribution in [0.3, 0.4) is 0 Å². The number of amides is 1. The molecule has 1 amide bonds. The van der Waals surface area contributed by atoms with Crippen molar-refractivity contribution in [2.75, 3.05) is 31.6 Å². The van der Waals surface area contributed by atoms with Gasteiger partial charge < -0.3 is 20.7 Å². The molecule has 0 saturated carbocycles. The molecule has 150 valence electrons. The molecule has 1 aliphatic rings. The predicted octanol–water partition coefficient (Wildman–Crippen LogP) is 3.53. The van der Waals surface area contributed by atoms with Gasteiger partial charge in [-0.15, -0.1) is 24.8 Å². The van der Waals surface area contributed by atoms with Gasteiger partial charge in [0.1, 0.15) is 5.75 Å². The standard InChI is InChI=1S/C19H31N3O2.2ClH/c1-24-18-9-6-5-8-17(18)22-14-11-16(12-15-22)21-19(23)10-4-2-3-7-13-20;;/h5-6,8-9,16H,2-4,7,10-15,20H2,1H3,(H,21,23);2*1H. The normalized spacial score (nSPS) is 14.2. The molecule has 1 aromatic carbocycles. The molecule has 7 heteroatoms. The number of hydrogen-bond donors (Lipinski definition) is 2. The van der Waals surface area contributed by atoms with E-state index in [-0.39, 0.29) is 30.7 Å². The zero-order valence-corrected chi connectivity index (χ0v) is 17.2. The lowest BCUT2D eigenvalue weighted by Crippen LogP contribution is -2.44. The van der Waals surface area contributed by atoms with Gasteiger partial charge in [0.2, 0.25) is 5.91 Å². The highest BCUT2D eigenvalue weighted by molar-refractivity contribution is 5.85. The van der Waals surface area contributed by atoms with Crippen molar-refractivity contribution in [1.82, 2.24) is 5.32 Å². The smallest absolute Gasteiger partial charge is 0.220 e. The van der Waals surface area contributed by atoms with E-state index in [0.717, 1.165) is 69.6 Å². The molecule has 0 atom stereocenters. The van der Waals surface area contributed by atoms with Crippen molar-refractivity contribution >= 4 is 36.4 Å². The van der Waals surface area contributed by atoms with Crippen LogP contribution in [0.15, 0.2) is 24.3 Å². The van der Waals surface area contributed by atoms with Crippen LogP contribution in [0.1, 0.15) is 44.9 Å². The molecule has 2 rings (SSSR count). The molecule has 26 heavy (non-hydrogen) atoms. The largest absolute Gasteiger partial charge is 0.495 e. The van der Waals surface area contributed by atoms with Gasteiger partial charge in [0, 0.05) is 25.6 Å². The highest BCUT2D eigenvalue weighted by atomic mass is 35.5. The number of nitrogens with zero attached hydrogens (tertiary/aromatic N) is 1. The van der Waals surface area contributed by atoms with E-state index >= 15 is 0 Å². The maximum absolute atomic E-state index is 12.0. The monoisotopic (exact) mass is 405 g/mol. The van der Waals surface area contributed by atoms with Crippen molar-refractivity contribution in [1.29, 1.82) is 0 Å². The highest BCUT2D eigenvalue weighted by Gasteiger charge is 2.22. The van der Waals surface area contributed by atoms with Crippen molar-refractivity contribution in [3.05, 3.63) is 24.3 Å². The van der Waals surface area contributed by atoms with E-state index in [0.29, 0.717) is 12.5 Å². The van der Waals surface area contributed by atoms with Crippen molar-refractivity contribution in [2.45, 2.75) is 51.0 Å². The van der Waals surface area contributed by atoms with Crippen LogP contribution in [0.4, 0.5) is 5.69 Å². The summed E-state index contributed by atoms with van der Waals surface area (Å²) in [7, 11) is 1.71. The second-order valence-corrected chi connectivity index (χ2v) is 6.45. The molecule has 1 aliphatic heterocycles. The van der Waals surface area contributed by atoms with Gasteiger partial charge in [-0.1, -0.05) is 25.0 Å². The Labute approximate surface area is 169 Å². The van der Waals surface area contributed by atoms with Crippen molar-refractivity contribution in [3.63, 3.8) is 0 Å². The first-order valence-corrected chi connectivity index (χ1v) is 9.12. The van der Waals surface area contributed by atoms with Gasteiger partial charge in [0.15, 0.2) is 0 Å². The van der Waals surface area contributed by atoms with E-state index in [1.807, 2.05) is 18.2 Å². The molecule has 0 unspecified atom stereocenters. The lowest BCUT2D eigenvalue weighted by molar-refractivity contribution is -0.122. The maximum atomic E-state index is 12.0. The number of ether oxygens (including phenoxy) is 1. The predicted molar refractivity (Wildman–Crippen MR) is 113 cm³/mol. The third kappa shape index (κ3) is 8.02. The number of hydrogen-bond acceptors (Lipinski definition) is 4. The number of halogens is 2. The van der Waals surface area contributed by atoms with Gasteiger partial charge in [-0.3, -0.25) is 4.79 Å². The first-order chi connectivity index (χ1) is 11.7. The van der Waals surface area contributed by atoms with Crippen LogP contribution in [0.25, 0.3) is 0 Å². The SMILES string of the molecule is COc1ccccc1N1CCC(NC(=O)CCCCCCN)CC1.Cl.Cl. The fourth-order valence-corrected chi connectivity index (χ4v) is 3.24. The topological polar surface area (TPSA) is 67.6 Å². The summed E-state index contributed by atoms with van der Waals surface area (Å²) in [6, 6.07) is 8.42. The molecule has 0 aliphatic carbocycles. The van der Waals surface area contributed by atoms with Crippen LogP contribution in [0, 0.1) is 0 Å². The number of rotatable bonds is 9. The van der Waals surface area contributed by atoms with Gasteiger partial charge in [0.05, 0.1) is 12.8 Å². The van der Waals surface area contributed by atoms with Gasteiger partial charge in [0.25, 0.3) is 0 Å². The Bertz CT molecular complexity index is 509. The van der Waals surface area contributed by atoms with Crippen LogP contribution >= 0.6 is 24.8 Å². The third-order valence-corrected chi connectivity index (χ3v) is 4.64. The molecule has 1 saturated heterocycles. The summed E-state index contributed by atoms with van der Waals surface area (Å²) in [4.78, 5) is 14.4.